The third-order valence-electron chi connectivity index (χ3n) is 2.76. The molecule has 1 aromatic heterocycles. The molecule has 2 aromatic rings. The van der Waals surface area contributed by atoms with Crippen molar-refractivity contribution in [3.63, 3.8) is 0 Å². The Morgan fingerprint density at radius 3 is 2.81 bits per heavy atom. The summed E-state index contributed by atoms with van der Waals surface area (Å²) in [4.78, 5) is 4.34. The molecule has 21 heavy (non-hydrogen) atoms. The van der Waals surface area contributed by atoms with Gasteiger partial charge in [0.1, 0.15) is 0 Å². The van der Waals surface area contributed by atoms with Gasteiger partial charge in [-0.1, -0.05) is 37.0 Å². The van der Waals surface area contributed by atoms with E-state index in [2.05, 4.69) is 39.7 Å². The summed E-state index contributed by atoms with van der Waals surface area (Å²) < 4.78 is 0. The maximum atomic E-state index is 6.09. The lowest BCUT2D eigenvalue weighted by Crippen LogP contribution is -2.08. The quantitative estimate of drug-likeness (QED) is 0.825. The van der Waals surface area contributed by atoms with Crippen LogP contribution in [0.1, 0.15) is 20.3 Å². The molecule has 0 radical (unpaired) electrons. The highest BCUT2D eigenvalue weighted by atomic mass is 35.5. The van der Waals surface area contributed by atoms with Gasteiger partial charge in [-0.3, -0.25) is 0 Å². The number of anilines is 3. The summed E-state index contributed by atoms with van der Waals surface area (Å²) >= 11 is 12.0. The van der Waals surface area contributed by atoms with Crippen molar-refractivity contribution >= 4 is 40.7 Å². The van der Waals surface area contributed by atoms with Crippen molar-refractivity contribution in [2.45, 2.75) is 20.3 Å². The Hall–Kier alpha value is -1.59. The third-order valence-corrected chi connectivity index (χ3v) is 3.33. The van der Waals surface area contributed by atoms with Crippen LogP contribution in [0.2, 0.25) is 10.0 Å². The fraction of sp³-hybridized carbons (Fsp3) is 0.357. The minimum atomic E-state index is 0.369. The average Bonchev–Trinajstić information content (AvgIpc) is 2.43. The van der Waals surface area contributed by atoms with E-state index in [0.717, 1.165) is 13.0 Å². The van der Waals surface area contributed by atoms with E-state index in [4.69, 9.17) is 23.2 Å². The number of aromatic nitrogens is 3. The van der Waals surface area contributed by atoms with Crippen molar-refractivity contribution in [1.82, 2.24) is 15.2 Å². The molecular formula is C14H17Cl2N5. The minimum absolute atomic E-state index is 0.369. The van der Waals surface area contributed by atoms with E-state index in [1.54, 1.807) is 24.4 Å². The highest BCUT2D eigenvalue weighted by Gasteiger charge is 2.05. The van der Waals surface area contributed by atoms with Crippen molar-refractivity contribution in [3.8, 4) is 0 Å². The molecule has 5 nitrogen and oxygen atoms in total. The third kappa shape index (κ3) is 5.02. The van der Waals surface area contributed by atoms with E-state index in [1.807, 2.05) is 0 Å². The number of nitrogens with one attached hydrogen (secondary N) is 2. The first-order valence-corrected chi connectivity index (χ1v) is 7.46. The molecule has 0 aliphatic heterocycles. The molecule has 0 fully saturated rings. The van der Waals surface area contributed by atoms with Crippen molar-refractivity contribution in [3.05, 3.63) is 34.4 Å². The second-order valence-electron chi connectivity index (χ2n) is 5.02. The molecule has 7 heteroatoms. The van der Waals surface area contributed by atoms with Crippen LogP contribution in [0.4, 0.5) is 17.5 Å². The summed E-state index contributed by atoms with van der Waals surface area (Å²) in [7, 11) is 0. The molecule has 1 heterocycles. The summed E-state index contributed by atoms with van der Waals surface area (Å²) in [5.41, 5.74) is 0.644. The number of rotatable bonds is 6. The van der Waals surface area contributed by atoms with E-state index in [0.29, 0.717) is 33.4 Å². The van der Waals surface area contributed by atoms with Crippen LogP contribution in [-0.2, 0) is 0 Å². The Kier molecular flexibility index (Phi) is 5.59. The predicted octanol–water partition coefficient (Wildman–Crippen LogP) is 4.38. The fourth-order valence-electron chi connectivity index (χ4n) is 1.64. The lowest BCUT2D eigenvalue weighted by molar-refractivity contribution is 0.606. The van der Waals surface area contributed by atoms with Gasteiger partial charge in [-0.25, -0.2) is 0 Å². The molecule has 2 N–H and O–H groups in total. The topological polar surface area (TPSA) is 62.7 Å². The molecule has 0 amide bonds. The van der Waals surface area contributed by atoms with Crippen molar-refractivity contribution in [1.29, 1.82) is 0 Å². The van der Waals surface area contributed by atoms with Crippen LogP contribution in [0.15, 0.2) is 24.4 Å². The molecule has 0 unspecified atom stereocenters. The highest BCUT2D eigenvalue weighted by molar-refractivity contribution is 6.35. The Morgan fingerprint density at radius 2 is 2.05 bits per heavy atom. The lowest BCUT2D eigenvalue weighted by atomic mass is 10.1. The van der Waals surface area contributed by atoms with E-state index in [1.165, 1.54) is 0 Å². The van der Waals surface area contributed by atoms with Crippen LogP contribution < -0.4 is 10.6 Å². The minimum Gasteiger partial charge on any atom is -0.369 e. The van der Waals surface area contributed by atoms with Gasteiger partial charge in [-0.05, 0) is 30.5 Å². The van der Waals surface area contributed by atoms with Gasteiger partial charge in [0.15, 0.2) is 5.82 Å². The Balaban J connectivity index is 2.05. The molecule has 112 valence electrons. The van der Waals surface area contributed by atoms with Gasteiger partial charge in [0, 0.05) is 11.6 Å². The number of halogens is 2. The molecule has 0 bridgehead atoms. The van der Waals surface area contributed by atoms with Crippen LogP contribution in [0.3, 0.4) is 0 Å². The zero-order valence-electron chi connectivity index (χ0n) is 11.9. The summed E-state index contributed by atoms with van der Waals surface area (Å²) in [6, 6.07) is 5.15. The molecule has 0 spiro atoms. The normalized spacial score (nSPS) is 10.7. The van der Waals surface area contributed by atoms with Crippen molar-refractivity contribution < 1.29 is 0 Å². The zero-order valence-corrected chi connectivity index (χ0v) is 13.4. The summed E-state index contributed by atoms with van der Waals surface area (Å²) in [5.74, 6) is 1.68. The lowest BCUT2D eigenvalue weighted by Gasteiger charge is -2.09. The van der Waals surface area contributed by atoms with Crippen LogP contribution in [0.25, 0.3) is 0 Å². The van der Waals surface area contributed by atoms with Crippen LogP contribution >= 0.6 is 23.2 Å². The monoisotopic (exact) mass is 325 g/mol. The number of benzene rings is 1. The molecule has 0 saturated heterocycles. The Bertz CT molecular complexity index is 604. The van der Waals surface area contributed by atoms with E-state index in [9.17, 15) is 0 Å². The van der Waals surface area contributed by atoms with Crippen LogP contribution in [-0.4, -0.2) is 21.7 Å². The van der Waals surface area contributed by atoms with Gasteiger partial charge in [0.05, 0.1) is 16.9 Å². The smallest absolute Gasteiger partial charge is 0.249 e. The number of hydrogen-bond acceptors (Lipinski definition) is 5. The predicted molar refractivity (Wildman–Crippen MR) is 87.5 cm³/mol. The van der Waals surface area contributed by atoms with Gasteiger partial charge >= 0.3 is 0 Å². The second-order valence-corrected chi connectivity index (χ2v) is 5.87. The Morgan fingerprint density at radius 1 is 1.24 bits per heavy atom. The first-order valence-electron chi connectivity index (χ1n) is 6.70. The van der Waals surface area contributed by atoms with E-state index < -0.39 is 0 Å². The van der Waals surface area contributed by atoms with Gasteiger partial charge in [-0.15, -0.1) is 5.10 Å². The molecule has 0 atom stereocenters. The van der Waals surface area contributed by atoms with Gasteiger partial charge in [-0.2, -0.15) is 10.1 Å². The first kappa shape index (κ1) is 15.8. The second kappa shape index (κ2) is 7.43. The summed E-state index contributed by atoms with van der Waals surface area (Å²) in [6.45, 7) is 5.19. The number of nitrogens with zero attached hydrogens (tertiary/aromatic N) is 3. The highest BCUT2D eigenvalue weighted by Crippen LogP contribution is 2.27. The molecule has 0 aliphatic carbocycles. The summed E-state index contributed by atoms with van der Waals surface area (Å²) in [6.07, 6.45) is 2.65. The fourth-order valence-corrected chi connectivity index (χ4v) is 1.98. The van der Waals surface area contributed by atoms with Gasteiger partial charge in [0.2, 0.25) is 5.95 Å². The van der Waals surface area contributed by atoms with E-state index in [-0.39, 0.29) is 0 Å². The van der Waals surface area contributed by atoms with E-state index >= 15 is 0 Å². The van der Waals surface area contributed by atoms with Gasteiger partial charge < -0.3 is 10.6 Å². The molecule has 2 rings (SSSR count). The largest absolute Gasteiger partial charge is 0.369 e. The maximum absolute atomic E-state index is 6.09. The molecule has 0 saturated carbocycles. The standard InChI is InChI=1S/C14H17Cl2N5/c1-9(2)5-6-17-13-8-18-21-14(20-13)19-12-7-10(15)3-4-11(12)16/h3-4,7-9H,5-6H2,1-2H3,(H2,17,19,20,21). The first-order chi connectivity index (χ1) is 10.0. The number of hydrogen-bond donors (Lipinski definition) is 2. The van der Waals surface area contributed by atoms with Crippen LogP contribution in [0.5, 0.6) is 0 Å². The zero-order chi connectivity index (χ0) is 15.2. The van der Waals surface area contributed by atoms with Gasteiger partial charge in [0.25, 0.3) is 0 Å². The maximum Gasteiger partial charge on any atom is 0.249 e. The van der Waals surface area contributed by atoms with Crippen molar-refractivity contribution in [2.75, 3.05) is 17.2 Å². The molecular weight excluding hydrogens is 309 g/mol. The summed E-state index contributed by atoms with van der Waals surface area (Å²) in [5, 5.41) is 15.2. The SMILES string of the molecule is CC(C)CCNc1cnnc(Nc2cc(Cl)ccc2Cl)n1. The average molecular weight is 326 g/mol. The van der Waals surface area contributed by atoms with Crippen molar-refractivity contribution in [2.24, 2.45) is 5.92 Å². The molecule has 0 aliphatic rings. The Labute approximate surface area is 134 Å². The molecule has 1 aromatic carbocycles. The van der Waals surface area contributed by atoms with Crippen LogP contribution in [0, 0.1) is 5.92 Å².